The predicted octanol–water partition coefficient (Wildman–Crippen LogP) is 4.58. The van der Waals surface area contributed by atoms with E-state index in [0.717, 1.165) is 23.4 Å². The fourth-order valence-corrected chi connectivity index (χ4v) is 5.46. The first-order valence-electron chi connectivity index (χ1n) is 10.2. The summed E-state index contributed by atoms with van der Waals surface area (Å²) in [6, 6.07) is 12.3. The van der Waals surface area contributed by atoms with Crippen molar-refractivity contribution in [2.75, 3.05) is 30.7 Å². The summed E-state index contributed by atoms with van der Waals surface area (Å²) >= 11 is 1.76. The Kier molecular flexibility index (Phi) is 6.27. The van der Waals surface area contributed by atoms with Crippen molar-refractivity contribution in [1.82, 2.24) is 9.80 Å². The summed E-state index contributed by atoms with van der Waals surface area (Å²) in [6.07, 6.45) is 4.71. The number of carbonyl (C=O) groups is 2. The highest BCUT2D eigenvalue weighted by Gasteiger charge is 2.46. The number of rotatable bonds is 3. The van der Waals surface area contributed by atoms with Crippen LogP contribution in [0.2, 0.25) is 0 Å². The van der Waals surface area contributed by atoms with Gasteiger partial charge in [0, 0.05) is 37.5 Å². The molecule has 0 aliphatic carbocycles. The van der Waals surface area contributed by atoms with Gasteiger partial charge in [-0.1, -0.05) is 30.3 Å². The molecule has 1 spiro atoms. The second-order valence-corrected chi connectivity index (χ2v) is 9.03. The van der Waals surface area contributed by atoms with Crippen molar-refractivity contribution < 1.29 is 18.4 Å². The largest absolute Gasteiger partial charge is 0.324 e. The Morgan fingerprint density at radius 1 is 1.03 bits per heavy atom. The van der Waals surface area contributed by atoms with Crippen molar-refractivity contribution in [2.24, 2.45) is 0 Å². The number of nitrogens with one attached hydrogen (secondary N) is 1. The summed E-state index contributed by atoms with van der Waals surface area (Å²) in [4.78, 5) is 28.6. The lowest BCUT2D eigenvalue weighted by Gasteiger charge is -2.43. The maximum atomic E-state index is 13.8. The van der Waals surface area contributed by atoms with E-state index in [-0.39, 0.29) is 16.5 Å². The molecule has 2 aromatic rings. The summed E-state index contributed by atoms with van der Waals surface area (Å²) in [7, 11) is 0. The molecular weight excluding hydrogens is 420 g/mol. The van der Waals surface area contributed by atoms with E-state index >= 15 is 0 Å². The van der Waals surface area contributed by atoms with Gasteiger partial charge in [-0.15, -0.1) is 11.8 Å². The number of nitrogens with zero attached hydrogens (tertiary/aromatic N) is 2. The standard InChI is InChI=1S/C23H23F2N3O2S/c24-18-7-8-20(19(25)16-18)26-22(30)27-12-10-23(11-13-27)28(14-15-31-23)21(29)9-6-17-4-2-1-3-5-17/h1-9,16H,10-15H2,(H,26,30). The Labute approximate surface area is 184 Å². The van der Waals surface area contributed by atoms with Gasteiger partial charge in [0.1, 0.15) is 11.6 Å². The zero-order valence-corrected chi connectivity index (χ0v) is 17.7. The number of likely N-dealkylation sites (tertiary alicyclic amines) is 1. The SMILES string of the molecule is O=C(Nc1ccc(F)cc1F)N1CCC2(CC1)SCCN2C(=O)C=Cc1ccccc1. The number of thioether (sulfide) groups is 1. The zero-order chi connectivity index (χ0) is 21.8. The fourth-order valence-electron chi connectivity index (χ4n) is 4.00. The van der Waals surface area contributed by atoms with E-state index in [0.29, 0.717) is 32.5 Å². The molecule has 0 saturated carbocycles. The molecule has 162 valence electrons. The second-order valence-electron chi connectivity index (χ2n) is 7.57. The second kappa shape index (κ2) is 9.09. The summed E-state index contributed by atoms with van der Waals surface area (Å²) in [6.45, 7) is 1.58. The lowest BCUT2D eigenvalue weighted by molar-refractivity contribution is -0.129. The van der Waals surface area contributed by atoms with E-state index in [2.05, 4.69) is 5.32 Å². The minimum absolute atomic E-state index is 0.0277. The van der Waals surface area contributed by atoms with Crippen LogP contribution < -0.4 is 5.32 Å². The van der Waals surface area contributed by atoms with Gasteiger partial charge in [0.05, 0.1) is 10.6 Å². The molecule has 1 N–H and O–H groups in total. The van der Waals surface area contributed by atoms with Gasteiger partial charge in [-0.25, -0.2) is 13.6 Å². The molecule has 3 amide bonds. The monoisotopic (exact) mass is 443 g/mol. The minimum atomic E-state index is -0.810. The quantitative estimate of drug-likeness (QED) is 0.707. The van der Waals surface area contributed by atoms with Gasteiger partial charge in [-0.05, 0) is 36.6 Å². The van der Waals surface area contributed by atoms with Crippen LogP contribution >= 0.6 is 11.8 Å². The van der Waals surface area contributed by atoms with Gasteiger partial charge in [0.25, 0.3) is 0 Å². The van der Waals surface area contributed by atoms with Crippen molar-refractivity contribution in [2.45, 2.75) is 17.7 Å². The van der Waals surface area contributed by atoms with E-state index in [9.17, 15) is 18.4 Å². The number of halogens is 2. The highest BCUT2D eigenvalue weighted by Crippen LogP contribution is 2.44. The number of piperidine rings is 1. The molecule has 0 bridgehead atoms. The Morgan fingerprint density at radius 3 is 2.48 bits per heavy atom. The van der Waals surface area contributed by atoms with Crippen LogP contribution in [0, 0.1) is 11.6 Å². The third-order valence-corrected chi connectivity index (χ3v) is 7.22. The average molecular weight is 444 g/mol. The maximum Gasteiger partial charge on any atom is 0.321 e. The molecule has 0 unspecified atom stereocenters. The number of anilines is 1. The summed E-state index contributed by atoms with van der Waals surface area (Å²) in [5.74, 6) is -0.673. The van der Waals surface area contributed by atoms with Gasteiger partial charge in [-0.2, -0.15) is 0 Å². The van der Waals surface area contributed by atoms with Crippen LogP contribution in [0.25, 0.3) is 6.08 Å². The van der Waals surface area contributed by atoms with Crippen LogP contribution in [0.3, 0.4) is 0 Å². The lowest BCUT2D eigenvalue weighted by Crippen LogP contribution is -2.54. The molecule has 2 aromatic carbocycles. The normalized spacial score (nSPS) is 18.0. The van der Waals surface area contributed by atoms with Crippen molar-refractivity contribution in [1.29, 1.82) is 0 Å². The molecule has 2 heterocycles. The minimum Gasteiger partial charge on any atom is -0.324 e. The van der Waals surface area contributed by atoms with Crippen LogP contribution in [0.15, 0.2) is 54.6 Å². The van der Waals surface area contributed by atoms with E-state index in [4.69, 9.17) is 0 Å². The molecule has 2 fully saturated rings. The first-order valence-corrected chi connectivity index (χ1v) is 11.2. The van der Waals surface area contributed by atoms with Gasteiger partial charge in [0.15, 0.2) is 0 Å². The summed E-state index contributed by atoms with van der Waals surface area (Å²) < 4.78 is 26.9. The Hall–Kier alpha value is -2.87. The molecule has 0 atom stereocenters. The highest BCUT2D eigenvalue weighted by atomic mass is 32.2. The summed E-state index contributed by atoms with van der Waals surface area (Å²) in [5.41, 5.74) is 0.918. The number of amides is 3. The smallest absolute Gasteiger partial charge is 0.321 e. The maximum absolute atomic E-state index is 13.8. The topological polar surface area (TPSA) is 52.7 Å². The van der Waals surface area contributed by atoms with Gasteiger partial charge in [0.2, 0.25) is 5.91 Å². The predicted molar refractivity (Wildman–Crippen MR) is 119 cm³/mol. The molecule has 31 heavy (non-hydrogen) atoms. The van der Waals surface area contributed by atoms with E-state index in [1.807, 2.05) is 41.3 Å². The molecule has 8 heteroatoms. The molecular formula is C23H23F2N3O2S. The number of benzene rings is 2. The Bertz CT molecular complexity index is 992. The van der Waals surface area contributed by atoms with E-state index in [1.54, 1.807) is 22.7 Å². The van der Waals surface area contributed by atoms with E-state index < -0.39 is 17.7 Å². The van der Waals surface area contributed by atoms with Crippen molar-refractivity contribution in [3.63, 3.8) is 0 Å². The lowest BCUT2D eigenvalue weighted by atomic mass is 10.0. The Balaban J connectivity index is 1.37. The highest BCUT2D eigenvalue weighted by molar-refractivity contribution is 8.00. The van der Waals surface area contributed by atoms with Crippen LogP contribution in [0.5, 0.6) is 0 Å². The number of urea groups is 1. The van der Waals surface area contributed by atoms with Crippen molar-refractivity contribution in [3.8, 4) is 0 Å². The van der Waals surface area contributed by atoms with Gasteiger partial charge < -0.3 is 15.1 Å². The molecule has 0 aromatic heterocycles. The summed E-state index contributed by atoms with van der Waals surface area (Å²) in [5, 5.41) is 2.51. The molecule has 2 saturated heterocycles. The molecule has 0 radical (unpaired) electrons. The van der Waals surface area contributed by atoms with Crippen LogP contribution in [-0.4, -0.2) is 52.0 Å². The van der Waals surface area contributed by atoms with Crippen LogP contribution in [0.4, 0.5) is 19.3 Å². The molecule has 5 nitrogen and oxygen atoms in total. The first kappa shape index (κ1) is 21.4. The van der Waals surface area contributed by atoms with Crippen molar-refractivity contribution >= 4 is 35.5 Å². The molecule has 2 aliphatic rings. The average Bonchev–Trinajstić information content (AvgIpc) is 3.18. The first-order chi connectivity index (χ1) is 15.0. The number of carbonyl (C=O) groups excluding carboxylic acids is 2. The fraction of sp³-hybridized carbons (Fsp3) is 0.304. The number of hydrogen-bond acceptors (Lipinski definition) is 3. The third kappa shape index (κ3) is 4.74. The van der Waals surface area contributed by atoms with Crippen LogP contribution in [0.1, 0.15) is 18.4 Å². The number of hydrogen-bond donors (Lipinski definition) is 1. The molecule has 2 aliphatic heterocycles. The van der Waals surface area contributed by atoms with Gasteiger partial charge in [-0.3, -0.25) is 4.79 Å². The van der Waals surface area contributed by atoms with E-state index in [1.165, 1.54) is 6.07 Å². The molecule has 4 rings (SSSR count). The Morgan fingerprint density at radius 2 is 1.77 bits per heavy atom. The van der Waals surface area contributed by atoms with Crippen molar-refractivity contribution in [3.05, 3.63) is 71.8 Å². The zero-order valence-electron chi connectivity index (χ0n) is 16.9. The third-order valence-electron chi connectivity index (χ3n) is 5.67. The van der Waals surface area contributed by atoms with Crippen LogP contribution in [-0.2, 0) is 4.79 Å². The van der Waals surface area contributed by atoms with Gasteiger partial charge >= 0.3 is 6.03 Å².